The van der Waals surface area contributed by atoms with Crippen molar-refractivity contribution in [3.63, 3.8) is 0 Å². The molecule has 0 saturated carbocycles. The molecule has 2 fully saturated rings. The van der Waals surface area contributed by atoms with Crippen LogP contribution in [-0.2, 0) is 0 Å². The lowest BCUT2D eigenvalue weighted by atomic mass is 9.76. The number of amides is 1. The average molecular weight is 586 g/mol. The first kappa shape index (κ1) is 32.0. The predicted octanol–water partition coefficient (Wildman–Crippen LogP) is 3.91. The molecule has 232 valence electrons. The molecular weight excluding hydrogens is 537 g/mol. The minimum Gasteiger partial charge on any atom is -0.434 e. The summed E-state index contributed by atoms with van der Waals surface area (Å²) in [6, 6.07) is 4.46. The van der Waals surface area contributed by atoms with Crippen molar-refractivity contribution >= 4 is 11.7 Å². The number of carbonyl (C=O) groups excluding carboxylic acids is 1. The molecule has 0 aliphatic carbocycles. The molecule has 1 aromatic heterocycles. The quantitative estimate of drug-likeness (QED) is 0.354. The molecule has 1 spiro atoms. The van der Waals surface area contributed by atoms with Crippen molar-refractivity contribution in [3.8, 4) is 11.6 Å². The highest BCUT2D eigenvalue weighted by Crippen LogP contribution is 2.44. The maximum absolute atomic E-state index is 14.3. The second kappa shape index (κ2) is 14.1. The third-order valence-electron chi connectivity index (χ3n) is 8.75. The fourth-order valence-corrected chi connectivity index (χ4v) is 6.52. The van der Waals surface area contributed by atoms with Crippen LogP contribution in [0.2, 0.25) is 0 Å². The first-order valence-electron chi connectivity index (χ1n) is 15.3. The van der Waals surface area contributed by atoms with E-state index in [9.17, 15) is 14.3 Å². The Bertz CT molecular complexity index is 1190. The molecule has 11 heteroatoms. The lowest BCUT2D eigenvalue weighted by Gasteiger charge is -2.53. The van der Waals surface area contributed by atoms with E-state index in [0.29, 0.717) is 30.9 Å². The summed E-state index contributed by atoms with van der Waals surface area (Å²) in [5.74, 6) is 0.807. The summed E-state index contributed by atoms with van der Waals surface area (Å²) in [4.78, 5) is 26.5. The molecule has 2 saturated heterocycles. The fourth-order valence-electron chi connectivity index (χ4n) is 6.52. The van der Waals surface area contributed by atoms with Gasteiger partial charge in [-0.05, 0) is 77.7 Å². The number of aromatic nitrogens is 3. The number of anilines is 1. The van der Waals surface area contributed by atoms with Crippen LogP contribution in [0.15, 0.2) is 24.5 Å². The average Bonchev–Trinajstić information content (AvgIpc) is 3.37. The maximum atomic E-state index is 14.3. The number of hydrogen-bond donors (Lipinski definition) is 1. The van der Waals surface area contributed by atoms with Gasteiger partial charge in [-0.3, -0.25) is 9.69 Å². The minimum atomic E-state index is -0.504. The Morgan fingerprint density at radius 3 is 2.62 bits per heavy atom. The van der Waals surface area contributed by atoms with Crippen LogP contribution >= 0.6 is 0 Å². The number of rotatable bonds is 14. The Labute approximate surface area is 249 Å². The highest BCUT2D eigenvalue weighted by molar-refractivity contribution is 5.97. The van der Waals surface area contributed by atoms with E-state index >= 15 is 0 Å². The topological polar surface area (TPSA) is 98.2 Å². The van der Waals surface area contributed by atoms with Gasteiger partial charge in [-0.25, -0.2) is 9.37 Å². The second-order valence-corrected chi connectivity index (χ2v) is 12.6. The number of nitrogens with zero attached hydrogens (tertiary/aromatic N) is 7. The van der Waals surface area contributed by atoms with Crippen molar-refractivity contribution < 1.29 is 19.0 Å². The molecule has 4 rings (SSSR count). The number of ether oxygens (including phenoxy) is 1. The number of likely N-dealkylation sites (tertiary alicyclic amines) is 1. The molecule has 10 nitrogen and oxygen atoms in total. The molecule has 1 aromatic carbocycles. The van der Waals surface area contributed by atoms with Gasteiger partial charge in [-0.2, -0.15) is 0 Å². The van der Waals surface area contributed by atoms with Crippen LogP contribution in [0.4, 0.5) is 10.2 Å². The zero-order chi connectivity index (χ0) is 30.4. The maximum Gasteiger partial charge on any atom is 0.282 e. The van der Waals surface area contributed by atoms with Crippen LogP contribution in [0.1, 0.15) is 64.2 Å². The Morgan fingerprint density at radius 2 is 1.95 bits per heavy atom. The van der Waals surface area contributed by atoms with Gasteiger partial charge < -0.3 is 24.5 Å². The molecule has 0 bridgehead atoms. The van der Waals surface area contributed by atoms with Crippen molar-refractivity contribution in [2.45, 2.75) is 66.0 Å². The lowest BCUT2D eigenvalue weighted by Crippen LogP contribution is -2.62. The lowest BCUT2D eigenvalue weighted by molar-refractivity contribution is -0.0344. The summed E-state index contributed by atoms with van der Waals surface area (Å²) in [6.07, 6.45) is 4.73. The summed E-state index contributed by atoms with van der Waals surface area (Å²) in [5.41, 5.74) is 0.343. The highest BCUT2D eigenvalue weighted by atomic mass is 19.1. The van der Waals surface area contributed by atoms with Gasteiger partial charge in [-0.1, -0.05) is 13.8 Å². The van der Waals surface area contributed by atoms with E-state index in [0.717, 1.165) is 52.0 Å². The van der Waals surface area contributed by atoms with Gasteiger partial charge in [-0.15, -0.1) is 10.2 Å². The molecule has 2 aliphatic rings. The van der Waals surface area contributed by atoms with Gasteiger partial charge in [0, 0.05) is 56.8 Å². The number of halogens is 1. The smallest absolute Gasteiger partial charge is 0.282 e. The Morgan fingerprint density at radius 1 is 1.19 bits per heavy atom. The van der Waals surface area contributed by atoms with Gasteiger partial charge in [0.1, 0.15) is 17.9 Å². The van der Waals surface area contributed by atoms with E-state index in [1.54, 1.807) is 4.90 Å². The summed E-state index contributed by atoms with van der Waals surface area (Å²) in [5, 5.41) is 17.4. The predicted molar refractivity (Wildman–Crippen MR) is 161 cm³/mol. The van der Waals surface area contributed by atoms with Gasteiger partial charge in [0.2, 0.25) is 0 Å². The Balaban J connectivity index is 1.44. The van der Waals surface area contributed by atoms with Gasteiger partial charge in [0.15, 0.2) is 5.82 Å². The zero-order valence-electron chi connectivity index (χ0n) is 26.1. The van der Waals surface area contributed by atoms with Crippen molar-refractivity contribution in [2.24, 2.45) is 11.3 Å². The molecule has 1 amide bonds. The van der Waals surface area contributed by atoms with E-state index in [2.05, 4.69) is 50.8 Å². The van der Waals surface area contributed by atoms with Crippen LogP contribution in [0.5, 0.6) is 11.6 Å². The molecule has 42 heavy (non-hydrogen) atoms. The monoisotopic (exact) mass is 585 g/mol. The van der Waals surface area contributed by atoms with E-state index in [1.807, 2.05) is 20.8 Å². The number of likely N-dealkylation sites (N-methyl/N-ethyl adjacent to an activating group) is 1. The van der Waals surface area contributed by atoms with Crippen molar-refractivity contribution in [1.29, 1.82) is 0 Å². The van der Waals surface area contributed by atoms with Gasteiger partial charge in [0.05, 0.1) is 12.2 Å². The zero-order valence-corrected chi connectivity index (χ0v) is 26.1. The molecule has 3 heterocycles. The summed E-state index contributed by atoms with van der Waals surface area (Å²) >= 11 is 0. The minimum absolute atomic E-state index is 0.0434. The van der Waals surface area contributed by atoms with Crippen molar-refractivity contribution in [3.05, 3.63) is 35.9 Å². The highest BCUT2D eigenvalue weighted by Gasteiger charge is 2.50. The third kappa shape index (κ3) is 7.36. The van der Waals surface area contributed by atoms with Gasteiger partial charge >= 0.3 is 0 Å². The summed E-state index contributed by atoms with van der Waals surface area (Å²) in [7, 11) is 2.06. The number of hydrogen-bond acceptors (Lipinski definition) is 9. The number of benzene rings is 1. The molecule has 1 unspecified atom stereocenters. The second-order valence-electron chi connectivity index (χ2n) is 12.6. The van der Waals surface area contributed by atoms with Crippen LogP contribution in [0, 0.1) is 17.2 Å². The third-order valence-corrected chi connectivity index (χ3v) is 8.75. The first-order chi connectivity index (χ1) is 20.1. The Hall–Kier alpha value is -2.89. The van der Waals surface area contributed by atoms with Crippen molar-refractivity contribution in [1.82, 2.24) is 29.9 Å². The van der Waals surface area contributed by atoms with Gasteiger partial charge in [0.25, 0.3) is 11.8 Å². The molecule has 1 N–H and O–H groups in total. The SMILES string of the molecule is CCN(C(=O)c1cc(F)ccc1Oc1nncnc1N1CCC2(C1)CN(C(CCCN(C)CCO)C(C)C)C2)C(C)C. The largest absolute Gasteiger partial charge is 0.434 e. The van der Waals surface area contributed by atoms with Crippen LogP contribution in [0.3, 0.4) is 0 Å². The normalized spacial score (nSPS) is 17.4. The fraction of sp³-hybridized carbons (Fsp3) is 0.677. The standard InChI is InChI=1S/C31H48FN7O3/c1-7-39(23(4)5)30(41)25-17-24(32)10-11-27(25)42-29-28(33-21-34-35-29)37-14-12-31(18-37)19-38(20-31)26(22(2)3)9-8-13-36(6)15-16-40/h10-11,17,21-23,26,40H,7-9,12-16,18-20H2,1-6H3. The van der Waals surface area contributed by atoms with Crippen LogP contribution in [-0.4, -0.2) is 112 Å². The molecule has 1 atom stereocenters. The number of carbonyl (C=O) groups is 1. The van der Waals surface area contributed by atoms with Crippen LogP contribution in [0.25, 0.3) is 0 Å². The summed E-state index contributed by atoms with van der Waals surface area (Å²) < 4.78 is 20.4. The van der Waals surface area contributed by atoms with E-state index in [-0.39, 0.29) is 41.2 Å². The summed E-state index contributed by atoms with van der Waals surface area (Å²) in [6.45, 7) is 16.5. The van der Waals surface area contributed by atoms with E-state index in [1.165, 1.54) is 24.5 Å². The van der Waals surface area contributed by atoms with Crippen molar-refractivity contribution in [2.75, 3.05) is 64.4 Å². The van der Waals surface area contributed by atoms with E-state index in [4.69, 9.17) is 4.74 Å². The van der Waals surface area contributed by atoms with E-state index < -0.39 is 5.82 Å². The number of aliphatic hydroxyl groups excluding tert-OH is 1. The van der Waals surface area contributed by atoms with Crippen LogP contribution < -0.4 is 9.64 Å². The molecular formula is C31H48FN7O3. The molecule has 0 radical (unpaired) electrons. The first-order valence-corrected chi connectivity index (χ1v) is 15.3. The molecule has 2 aromatic rings. The molecule has 2 aliphatic heterocycles. The Kier molecular flexibility index (Phi) is 10.7. The number of aliphatic hydroxyl groups is 1.